The SMILES string of the molecule is Cc1cnc(CNC(=O)OC(C)(C)C)c2ccc(F)cc12. The second kappa shape index (κ2) is 5.68. The van der Waals surface area contributed by atoms with Crippen molar-refractivity contribution in [3.8, 4) is 0 Å². The predicted molar refractivity (Wildman–Crippen MR) is 79.5 cm³/mol. The van der Waals surface area contributed by atoms with E-state index in [0.717, 1.165) is 16.3 Å². The zero-order valence-corrected chi connectivity index (χ0v) is 12.7. The fourth-order valence-corrected chi connectivity index (χ4v) is 2.02. The Hall–Kier alpha value is -2.17. The summed E-state index contributed by atoms with van der Waals surface area (Å²) in [5, 5.41) is 4.29. The number of fused-ring (bicyclic) bond motifs is 1. The van der Waals surface area contributed by atoms with Crippen molar-refractivity contribution in [2.45, 2.75) is 39.8 Å². The second-order valence-electron chi connectivity index (χ2n) is 5.93. The molecule has 0 bridgehead atoms. The first-order chi connectivity index (χ1) is 9.76. The number of alkyl carbamates (subject to hydrolysis) is 1. The maximum Gasteiger partial charge on any atom is 0.407 e. The van der Waals surface area contributed by atoms with E-state index in [1.165, 1.54) is 12.1 Å². The molecular weight excluding hydrogens is 271 g/mol. The molecule has 2 aromatic rings. The van der Waals surface area contributed by atoms with Gasteiger partial charge < -0.3 is 10.1 Å². The Morgan fingerprint density at radius 2 is 2.05 bits per heavy atom. The van der Waals surface area contributed by atoms with Crippen LogP contribution in [-0.2, 0) is 11.3 Å². The first-order valence-corrected chi connectivity index (χ1v) is 6.77. The van der Waals surface area contributed by atoms with Gasteiger partial charge in [0.25, 0.3) is 0 Å². The van der Waals surface area contributed by atoms with Gasteiger partial charge in [-0.1, -0.05) is 0 Å². The van der Waals surface area contributed by atoms with Gasteiger partial charge in [-0.3, -0.25) is 4.98 Å². The minimum Gasteiger partial charge on any atom is -0.444 e. The normalized spacial score (nSPS) is 11.5. The summed E-state index contributed by atoms with van der Waals surface area (Å²) in [6.07, 6.45) is 1.17. The number of carbonyl (C=O) groups excluding carboxylic acids is 1. The van der Waals surface area contributed by atoms with Crippen molar-refractivity contribution in [3.63, 3.8) is 0 Å². The van der Waals surface area contributed by atoms with Crippen molar-refractivity contribution in [1.29, 1.82) is 0 Å². The molecule has 4 nitrogen and oxygen atoms in total. The molecule has 1 amide bonds. The Morgan fingerprint density at radius 1 is 1.33 bits per heavy atom. The van der Waals surface area contributed by atoms with Crippen LogP contribution in [0, 0.1) is 12.7 Å². The lowest BCUT2D eigenvalue weighted by molar-refractivity contribution is 0.0523. The number of halogens is 1. The van der Waals surface area contributed by atoms with Crippen molar-refractivity contribution in [3.05, 3.63) is 41.5 Å². The number of pyridine rings is 1. The Balaban J connectivity index is 2.20. The van der Waals surface area contributed by atoms with E-state index in [9.17, 15) is 9.18 Å². The van der Waals surface area contributed by atoms with Crippen LogP contribution in [0.4, 0.5) is 9.18 Å². The van der Waals surface area contributed by atoms with Gasteiger partial charge in [-0.2, -0.15) is 0 Å². The molecule has 0 spiro atoms. The number of hydrogen-bond donors (Lipinski definition) is 1. The van der Waals surface area contributed by atoms with Crippen LogP contribution in [0.25, 0.3) is 10.8 Å². The molecule has 21 heavy (non-hydrogen) atoms. The molecule has 0 aliphatic carbocycles. The molecule has 1 N–H and O–H groups in total. The Kier molecular flexibility index (Phi) is 4.11. The first-order valence-electron chi connectivity index (χ1n) is 6.77. The number of amides is 1. The van der Waals surface area contributed by atoms with E-state index in [2.05, 4.69) is 10.3 Å². The maximum absolute atomic E-state index is 13.3. The molecule has 0 aliphatic rings. The summed E-state index contributed by atoms with van der Waals surface area (Å²) in [5.74, 6) is -0.289. The number of nitrogens with zero attached hydrogens (tertiary/aromatic N) is 1. The highest BCUT2D eigenvalue weighted by atomic mass is 19.1. The number of ether oxygens (including phenoxy) is 1. The van der Waals surface area contributed by atoms with Gasteiger partial charge in [0.2, 0.25) is 0 Å². The van der Waals surface area contributed by atoms with E-state index in [1.54, 1.807) is 33.0 Å². The average molecular weight is 290 g/mol. The zero-order valence-electron chi connectivity index (χ0n) is 12.7. The van der Waals surface area contributed by atoms with Gasteiger partial charge in [-0.25, -0.2) is 9.18 Å². The molecule has 0 saturated heterocycles. The second-order valence-corrected chi connectivity index (χ2v) is 5.93. The van der Waals surface area contributed by atoms with Crippen molar-refractivity contribution < 1.29 is 13.9 Å². The number of nitrogens with one attached hydrogen (secondary N) is 1. The number of aryl methyl sites for hydroxylation is 1. The Bertz CT molecular complexity index is 678. The molecule has 0 aliphatic heterocycles. The van der Waals surface area contributed by atoms with Crippen LogP contribution in [0.5, 0.6) is 0 Å². The number of rotatable bonds is 2. The highest BCUT2D eigenvalue weighted by Crippen LogP contribution is 2.21. The van der Waals surface area contributed by atoms with Gasteiger partial charge in [0.15, 0.2) is 0 Å². The van der Waals surface area contributed by atoms with Gasteiger partial charge in [-0.05, 0) is 56.8 Å². The van der Waals surface area contributed by atoms with E-state index < -0.39 is 11.7 Å². The molecule has 0 saturated carbocycles. The summed E-state index contributed by atoms with van der Waals surface area (Å²) in [4.78, 5) is 16.0. The van der Waals surface area contributed by atoms with Crippen LogP contribution < -0.4 is 5.32 Å². The van der Waals surface area contributed by atoms with E-state index >= 15 is 0 Å². The summed E-state index contributed by atoms with van der Waals surface area (Å²) in [5.41, 5.74) is 1.03. The molecule has 112 valence electrons. The van der Waals surface area contributed by atoms with Gasteiger partial charge in [0.1, 0.15) is 11.4 Å². The van der Waals surface area contributed by atoms with Gasteiger partial charge >= 0.3 is 6.09 Å². The fraction of sp³-hybridized carbons (Fsp3) is 0.375. The molecule has 1 aromatic heterocycles. The summed E-state index contributed by atoms with van der Waals surface area (Å²) in [6.45, 7) is 7.51. The molecule has 0 unspecified atom stereocenters. The highest BCUT2D eigenvalue weighted by Gasteiger charge is 2.16. The Morgan fingerprint density at radius 3 is 2.71 bits per heavy atom. The third kappa shape index (κ3) is 3.90. The van der Waals surface area contributed by atoms with E-state index in [0.29, 0.717) is 5.69 Å². The summed E-state index contributed by atoms with van der Waals surface area (Å²) in [6, 6.07) is 4.54. The lowest BCUT2D eigenvalue weighted by Crippen LogP contribution is -2.32. The molecule has 1 aromatic carbocycles. The minimum absolute atomic E-state index is 0.233. The highest BCUT2D eigenvalue weighted by molar-refractivity contribution is 5.87. The van der Waals surface area contributed by atoms with Crippen molar-refractivity contribution >= 4 is 16.9 Å². The van der Waals surface area contributed by atoms with E-state index in [-0.39, 0.29) is 12.4 Å². The smallest absolute Gasteiger partial charge is 0.407 e. The molecular formula is C16H19FN2O2. The van der Waals surface area contributed by atoms with Crippen molar-refractivity contribution in [2.75, 3.05) is 0 Å². The first kappa shape index (κ1) is 15.2. The van der Waals surface area contributed by atoms with Crippen LogP contribution in [0.1, 0.15) is 32.0 Å². The quantitative estimate of drug-likeness (QED) is 0.917. The van der Waals surface area contributed by atoms with E-state index in [4.69, 9.17) is 4.74 Å². The topological polar surface area (TPSA) is 51.2 Å². The maximum atomic E-state index is 13.3. The molecule has 1 heterocycles. The molecule has 0 atom stereocenters. The molecule has 0 radical (unpaired) electrons. The van der Waals surface area contributed by atoms with E-state index in [1.807, 2.05) is 6.92 Å². The van der Waals surface area contributed by atoms with Crippen LogP contribution in [0.3, 0.4) is 0 Å². The molecule has 2 rings (SSSR count). The number of benzene rings is 1. The van der Waals surface area contributed by atoms with Gasteiger partial charge in [-0.15, -0.1) is 0 Å². The van der Waals surface area contributed by atoms with Gasteiger partial charge in [0, 0.05) is 11.6 Å². The summed E-state index contributed by atoms with van der Waals surface area (Å²) in [7, 11) is 0. The van der Waals surface area contributed by atoms with Gasteiger partial charge in [0.05, 0.1) is 12.2 Å². The van der Waals surface area contributed by atoms with Crippen LogP contribution in [0.2, 0.25) is 0 Å². The average Bonchev–Trinajstić information content (AvgIpc) is 2.36. The van der Waals surface area contributed by atoms with Crippen molar-refractivity contribution in [2.24, 2.45) is 0 Å². The lowest BCUT2D eigenvalue weighted by Gasteiger charge is -2.19. The monoisotopic (exact) mass is 290 g/mol. The van der Waals surface area contributed by atoms with Crippen molar-refractivity contribution in [1.82, 2.24) is 10.3 Å². The minimum atomic E-state index is -0.546. The lowest BCUT2D eigenvalue weighted by atomic mass is 10.1. The number of carbonyl (C=O) groups is 1. The zero-order chi connectivity index (χ0) is 15.6. The van der Waals surface area contributed by atoms with Crippen LogP contribution >= 0.6 is 0 Å². The standard InChI is InChI=1S/C16H19FN2O2/c1-10-8-18-14(9-19-15(20)21-16(2,3)4)12-6-5-11(17)7-13(10)12/h5-8H,9H2,1-4H3,(H,19,20). The largest absolute Gasteiger partial charge is 0.444 e. The Labute approximate surface area is 123 Å². The predicted octanol–water partition coefficient (Wildman–Crippen LogP) is 3.71. The summed E-state index contributed by atoms with van der Waals surface area (Å²) >= 11 is 0. The fourth-order valence-electron chi connectivity index (χ4n) is 2.02. The number of aromatic nitrogens is 1. The van der Waals surface area contributed by atoms with Crippen LogP contribution in [0.15, 0.2) is 24.4 Å². The summed E-state index contributed by atoms with van der Waals surface area (Å²) < 4.78 is 18.5. The third-order valence-corrected chi connectivity index (χ3v) is 2.93. The molecule has 5 heteroatoms. The van der Waals surface area contributed by atoms with Crippen LogP contribution in [-0.4, -0.2) is 16.7 Å². The number of hydrogen-bond acceptors (Lipinski definition) is 3. The third-order valence-electron chi connectivity index (χ3n) is 2.93. The molecule has 0 fully saturated rings.